The molecule has 1 aromatic rings. The molecule has 0 heterocycles. The Morgan fingerprint density at radius 2 is 1.90 bits per heavy atom. The summed E-state index contributed by atoms with van der Waals surface area (Å²) in [4.78, 5) is 11.4. The lowest BCUT2D eigenvalue weighted by molar-refractivity contribution is -0.153. The minimum atomic E-state index is -4.48. The maximum absolute atomic E-state index is 12.6. The minimum absolute atomic E-state index is 0.0633. The highest BCUT2D eigenvalue weighted by molar-refractivity contribution is 5.72. The molecule has 0 aliphatic rings. The molecule has 0 saturated heterocycles. The molecule has 0 bridgehead atoms. The summed E-state index contributed by atoms with van der Waals surface area (Å²) in [7, 11) is 0. The van der Waals surface area contributed by atoms with Crippen LogP contribution in [0.2, 0.25) is 0 Å². The molecule has 0 aliphatic carbocycles. The lowest BCUT2D eigenvalue weighted by Crippen LogP contribution is -2.31. The Balaban J connectivity index is 2.62. The van der Waals surface area contributed by atoms with Crippen molar-refractivity contribution in [1.82, 2.24) is 5.32 Å². The van der Waals surface area contributed by atoms with E-state index in [1.165, 1.54) is 0 Å². The second-order valence-corrected chi connectivity index (χ2v) is 5.53. The van der Waals surface area contributed by atoms with Crippen molar-refractivity contribution in [3.63, 3.8) is 0 Å². The zero-order valence-electron chi connectivity index (χ0n) is 12.0. The van der Waals surface area contributed by atoms with Crippen molar-refractivity contribution in [2.24, 2.45) is 0 Å². The quantitative estimate of drug-likeness (QED) is 0.840. The van der Waals surface area contributed by atoms with E-state index < -0.39 is 23.3 Å². The highest BCUT2D eigenvalue weighted by Crippen LogP contribution is 2.32. The van der Waals surface area contributed by atoms with Gasteiger partial charge in [-0.05, 0) is 39.0 Å². The molecular formula is C14H18F3NO3. The summed E-state index contributed by atoms with van der Waals surface area (Å²) in [5.74, 6) is -0.784. The molecule has 2 N–H and O–H groups in total. The number of halogens is 3. The van der Waals surface area contributed by atoms with Gasteiger partial charge in [-0.1, -0.05) is 0 Å². The van der Waals surface area contributed by atoms with Crippen LogP contribution in [0.15, 0.2) is 18.2 Å². The van der Waals surface area contributed by atoms with E-state index in [4.69, 9.17) is 4.74 Å². The van der Waals surface area contributed by atoms with Gasteiger partial charge in [-0.3, -0.25) is 4.79 Å². The molecular weight excluding hydrogens is 287 g/mol. The highest BCUT2D eigenvalue weighted by Gasteiger charge is 2.31. The number of nitrogens with one attached hydrogen (secondary N) is 1. The predicted octanol–water partition coefficient (Wildman–Crippen LogP) is 2.84. The summed E-state index contributed by atoms with van der Waals surface area (Å²) in [6, 6.07) is 2.62. The molecule has 0 saturated carbocycles. The van der Waals surface area contributed by atoms with Crippen LogP contribution < -0.4 is 5.32 Å². The van der Waals surface area contributed by atoms with Crippen LogP contribution in [0.4, 0.5) is 13.2 Å². The summed E-state index contributed by atoms with van der Waals surface area (Å²) < 4.78 is 42.7. The third-order valence-electron chi connectivity index (χ3n) is 2.41. The van der Waals surface area contributed by atoms with Gasteiger partial charge in [0.2, 0.25) is 0 Å². The van der Waals surface area contributed by atoms with E-state index in [9.17, 15) is 23.1 Å². The molecule has 0 unspecified atom stereocenters. The Morgan fingerprint density at radius 3 is 2.43 bits per heavy atom. The fourth-order valence-electron chi connectivity index (χ4n) is 1.58. The van der Waals surface area contributed by atoms with Crippen LogP contribution in [-0.2, 0) is 22.3 Å². The third kappa shape index (κ3) is 6.03. The van der Waals surface area contributed by atoms with Gasteiger partial charge in [0.15, 0.2) is 0 Å². The first-order valence-corrected chi connectivity index (χ1v) is 6.31. The number of esters is 1. The molecule has 0 aromatic heterocycles. The van der Waals surface area contributed by atoms with Gasteiger partial charge in [-0.2, -0.15) is 13.2 Å². The average molecular weight is 305 g/mol. The van der Waals surface area contributed by atoms with E-state index >= 15 is 0 Å². The van der Waals surface area contributed by atoms with Crippen molar-refractivity contribution in [2.45, 2.75) is 39.1 Å². The number of carbonyl (C=O) groups excluding carboxylic acids is 1. The molecule has 21 heavy (non-hydrogen) atoms. The van der Waals surface area contributed by atoms with Crippen LogP contribution in [0.3, 0.4) is 0 Å². The van der Waals surface area contributed by atoms with Crippen molar-refractivity contribution >= 4 is 5.97 Å². The Hall–Kier alpha value is -1.76. The normalized spacial score (nSPS) is 12.3. The van der Waals surface area contributed by atoms with Crippen LogP contribution in [0.5, 0.6) is 5.75 Å². The second-order valence-electron chi connectivity index (χ2n) is 5.53. The van der Waals surface area contributed by atoms with E-state index in [2.05, 4.69) is 5.32 Å². The smallest absolute Gasteiger partial charge is 0.416 e. The first-order valence-electron chi connectivity index (χ1n) is 6.31. The van der Waals surface area contributed by atoms with Gasteiger partial charge in [0.1, 0.15) is 11.4 Å². The number of carbonyl (C=O) groups is 1. The van der Waals surface area contributed by atoms with Crippen LogP contribution >= 0.6 is 0 Å². The first kappa shape index (κ1) is 17.3. The molecule has 1 aromatic carbocycles. The number of aromatic hydroxyl groups is 1. The van der Waals surface area contributed by atoms with Gasteiger partial charge in [-0.15, -0.1) is 0 Å². The first-order chi connectivity index (χ1) is 9.49. The van der Waals surface area contributed by atoms with Gasteiger partial charge in [0.25, 0.3) is 0 Å². The van der Waals surface area contributed by atoms with E-state index in [0.29, 0.717) is 0 Å². The molecule has 4 nitrogen and oxygen atoms in total. The molecule has 0 amide bonds. The number of phenolic OH excluding ortho intramolecular Hbond substituents is 1. The van der Waals surface area contributed by atoms with Crippen molar-refractivity contribution < 1.29 is 27.8 Å². The van der Waals surface area contributed by atoms with Crippen LogP contribution in [-0.4, -0.2) is 23.2 Å². The Kier molecular flexibility index (Phi) is 5.22. The molecule has 0 radical (unpaired) electrons. The van der Waals surface area contributed by atoms with E-state index in [-0.39, 0.29) is 24.4 Å². The number of benzene rings is 1. The highest BCUT2D eigenvalue weighted by atomic mass is 19.4. The molecule has 1 rings (SSSR count). The van der Waals surface area contributed by atoms with Crippen LogP contribution in [0.25, 0.3) is 0 Å². The van der Waals surface area contributed by atoms with Crippen molar-refractivity contribution in [1.29, 1.82) is 0 Å². The summed E-state index contributed by atoms with van der Waals surface area (Å²) in [5, 5.41) is 12.2. The largest absolute Gasteiger partial charge is 0.508 e. The Morgan fingerprint density at radius 1 is 1.29 bits per heavy atom. The second kappa shape index (κ2) is 6.34. The van der Waals surface area contributed by atoms with Crippen LogP contribution in [0.1, 0.15) is 31.9 Å². The minimum Gasteiger partial charge on any atom is -0.508 e. The average Bonchev–Trinajstić information content (AvgIpc) is 2.27. The van der Waals surface area contributed by atoms with Crippen molar-refractivity contribution in [3.8, 4) is 5.75 Å². The molecule has 0 atom stereocenters. The van der Waals surface area contributed by atoms with E-state index in [1.54, 1.807) is 20.8 Å². The number of hydrogen-bond donors (Lipinski definition) is 2. The molecule has 118 valence electrons. The predicted molar refractivity (Wildman–Crippen MR) is 70.7 cm³/mol. The zero-order chi connectivity index (χ0) is 16.3. The fourth-order valence-corrected chi connectivity index (χ4v) is 1.58. The topological polar surface area (TPSA) is 58.6 Å². The lowest BCUT2D eigenvalue weighted by Gasteiger charge is -2.19. The summed E-state index contributed by atoms with van der Waals surface area (Å²) >= 11 is 0. The SMILES string of the molecule is CC(C)(C)OC(=O)CNCc1cc(C(F)(F)F)ccc1O. The van der Waals surface area contributed by atoms with Gasteiger partial charge >= 0.3 is 12.1 Å². The zero-order valence-corrected chi connectivity index (χ0v) is 12.0. The monoisotopic (exact) mass is 305 g/mol. The van der Waals surface area contributed by atoms with Gasteiger partial charge in [0, 0.05) is 12.1 Å². The fraction of sp³-hybridized carbons (Fsp3) is 0.500. The van der Waals surface area contributed by atoms with E-state index in [0.717, 1.165) is 18.2 Å². The van der Waals surface area contributed by atoms with Crippen LogP contribution in [0, 0.1) is 0 Å². The number of alkyl halides is 3. The van der Waals surface area contributed by atoms with E-state index in [1.807, 2.05) is 0 Å². The number of rotatable bonds is 4. The van der Waals surface area contributed by atoms with Gasteiger partial charge < -0.3 is 15.2 Å². The van der Waals surface area contributed by atoms with Crippen molar-refractivity contribution in [2.75, 3.05) is 6.54 Å². The van der Waals surface area contributed by atoms with Gasteiger partial charge in [-0.25, -0.2) is 0 Å². The summed E-state index contributed by atoms with van der Waals surface area (Å²) in [6.07, 6.45) is -4.48. The third-order valence-corrected chi connectivity index (χ3v) is 2.41. The molecule has 0 spiro atoms. The summed E-state index contributed by atoms with van der Waals surface area (Å²) in [5.41, 5.74) is -1.42. The number of phenols is 1. The molecule has 0 aliphatic heterocycles. The van der Waals surface area contributed by atoms with Gasteiger partial charge in [0.05, 0.1) is 12.1 Å². The lowest BCUT2D eigenvalue weighted by atomic mass is 10.1. The standard InChI is InChI=1S/C14H18F3NO3/c1-13(2,3)21-12(20)8-18-7-9-6-10(14(15,16)17)4-5-11(9)19/h4-6,18-19H,7-8H2,1-3H3. The maximum Gasteiger partial charge on any atom is 0.416 e. The number of ether oxygens (including phenoxy) is 1. The molecule has 0 fully saturated rings. The Bertz CT molecular complexity index is 507. The summed E-state index contributed by atoms with van der Waals surface area (Å²) in [6.45, 7) is 4.90. The molecule has 7 heteroatoms. The van der Waals surface area contributed by atoms with Crippen molar-refractivity contribution in [3.05, 3.63) is 29.3 Å². The Labute approximate surface area is 120 Å². The number of hydrogen-bond acceptors (Lipinski definition) is 4. The maximum atomic E-state index is 12.6.